The number of aryl methyl sites for hydroxylation is 1. The molecule has 0 aliphatic heterocycles. The van der Waals surface area contributed by atoms with Gasteiger partial charge in [0.2, 0.25) is 0 Å². The van der Waals surface area contributed by atoms with Crippen molar-refractivity contribution in [1.29, 1.82) is 0 Å². The summed E-state index contributed by atoms with van der Waals surface area (Å²) in [6, 6.07) is 4.97. The Morgan fingerprint density at radius 3 is 2.80 bits per heavy atom. The fourth-order valence-electron chi connectivity index (χ4n) is 2.20. The minimum Gasteiger partial charge on any atom is -0.346 e. The van der Waals surface area contributed by atoms with Gasteiger partial charge in [0.05, 0.1) is 0 Å². The van der Waals surface area contributed by atoms with Gasteiger partial charge in [-0.25, -0.2) is 4.39 Å². The molecule has 3 rings (SSSR count). The van der Waals surface area contributed by atoms with Crippen LogP contribution in [-0.2, 0) is 7.05 Å². The molecule has 0 bridgehead atoms. The van der Waals surface area contributed by atoms with E-state index in [2.05, 4.69) is 27.5 Å². The van der Waals surface area contributed by atoms with E-state index in [0.29, 0.717) is 5.92 Å². The molecule has 1 aliphatic rings. The van der Waals surface area contributed by atoms with Crippen molar-refractivity contribution in [2.24, 2.45) is 7.05 Å². The highest BCUT2D eigenvalue weighted by Crippen LogP contribution is 2.46. The number of benzene rings is 1. The van der Waals surface area contributed by atoms with Crippen LogP contribution in [0, 0.1) is 5.82 Å². The van der Waals surface area contributed by atoms with Crippen molar-refractivity contribution < 1.29 is 4.39 Å². The van der Waals surface area contributed by atoms with Gasteiger partial charge in [-0.15, -0.1) is 0 Å². The molecule has 0 spiro atoms. The van der Waals surface area contributed by atoms with E-state index in [1.165, 1.54) is 24.6 Å². The van der Waals surface area contributed by atoms with Crippen LogP contribution >= 0.6 is 15.9 Å². The van der Waals surface area contributed by atoms with Crippen LogP contribution in [0.4, 0.5) is 4.39 Å². The summed E-state index contributed by atoms with van der Waals surface area (Å²) in [6.07, 6.45) is 2.51. The molecular formula is C12H11BrFN. The minimum absolute atomic E-state index is 0.170. The van der Waals surface area contributed by atoms with Crippen LogP contribution < -0.4 is 0 Å². The van der Waals surface area contributed by atoms with Crippen molar-refractivity contribution >= 4 is 26.8 Å². The predicted octanol–water partition coefficient (Wildman–Crippen LogP) is 3.96. The van der Waals surface area contributed by atoms with Crippen LogP contribution in [0.25, 0.3) is 10.9 Å². The molecule has 0 atom stereocenters. The molecule has 1 nitrogen and oxygen atoms in total. The predicted molar refractivity (Wildman–Crippen MR) is 62.6 cm³/mol. The molecule has 0 N–H and O–H groups in total. The molecule has 0 saturated heterocycles. The van der Waals surface area contributed by atoms with Crippen LogP contribution in [0.3, 0.4) is 0 Å². The van der Waals surface area contributed by atoms with Crippen LogP contribution in [0.2, 0.25) is 0 Å². The Morgan fingerprint density at radius 2 is 2.13 bits per heavy atom. The summed E-state index contributed by atoms with van der Waals surface area (Å²) in [5.74, 6) is 0.496. The Hall–Kier alpha value is -0.830. The Kier molecular flexibility index (Phi) is 1.93. The fourth-order valence-corrected chi connectivity index (χ4v) is 3.11. The molecule has 0 amide bonds. The van der Waals surface area contributed by atoms with Gasteiger partial charge >= 0.3 is 0 Å². The Labute approximate surface area is 96.0 Å². The van der Waals surface area contributed by atoms with Crippen LogP contribution in [0.5, 0.6) is 0 Å². The van der Waals surface area contributed by atoms with E-state index >= 15 is 0 Å². The zero-order valence-corrected chi connectivity index (χ0v) is 10.0. The number of hydrogen-bond donors (Lipinski definition) is 0. The summed E-state index contributed by atoms with van der Waals surface area (Å²) in [7, 11) is 2.05. The zero-order valence-electron chi connectivity index (χ0n) is 8.43. The van der Waals surface area contributed by atoms with E-state index in [1.54, 1.807) is 6.07 Å². The van der Waals surface area contributed by atoms with Gasteiger partial charge in [0.25, 0.3) is 0 Å². The average molecular weight is 268 g/mol. The first-order valence-electron chi connectivity index (χ1n) is 5.12. The Bertz CT molecular complexity index is 540. The van der Waals surface area contributed by atoms with Crippen molar-refractivity contribution in [2.75, 3.05) is 0 Å². The van der Waals surface area contributed by atoms with Crippen LogP contribution in [0.15, 0.2) is 22.7 Å². The molecule has 1 aliphatic carbocycles. The van der Waals surface area contributed by atoms with E-state index in [0.717, 1.165) is 15.4 Å². The quantitative estimate of drug-likeness (QED) is 0.737. The first-order chi connectivity index (χ1) is 7.18. The first-order valence-corrected chi connectivity index (χ1v) is 5.91. The van der Waals surface area contributed by atoms with Gasteiger partial charge < -0.3 is 4.57 Å². The average Bonchev–Trinajstić information content (AvgIpc) is 2.98. The lowest BCUT2D eigenvalue weighted by atomic mass is 10.2. The van der Waals surface area contributed by atoms with E-state index in [4.69, 9.17) is 0 Å². The smallest absolute Gasteiger partial charge is 0.123 e. The first kappa shape index (κ1) is 9.40. The van der Waals surface area contributed by atoms with Gasteiger partial charge in [-0.05, 0) is 47.0 Å². The zero-order chi connectivity index (χ0) is 10.6. The lowest BCUT2D eigenvalue weighted by Crippen LogP contribution is -1.93. The molecular weight excluding hydrogens is 257 g/mol. The minimum atomic E-state index is -0.170. The monoisotopic (exact) mass is 267 g/mol. The molecule has 1 heterocycles. The largest absolute Gasteiger partial charge is 0.346 e. The molecule has 1 saturated carbocycles. The second-order valence-corrected chi connectivity index (χ2v) is 4.99. The van der Waals surface area contributed by atoms with Crippen LogP contribution in [-0.4, -0.2) is 4.57 Å². The Balaban J connectivity index is 2.37. The van der Waals surface area contributed by atoms with Gasteiger partial charge in [-0.2, -0.15) is 0 Å². The van der Waals surface area contributed by atoms with Crippen molar-refractivity contribution in [1.82, 2.24) is 4.57 Å². The highest BCUT2D eigenvalue weighted by Gasteiger charge is 2.30. The molecule has 0 radical (unpaired) electrons. The van der Waals surface area contributed by atoms with Gasteiger partial charge in [0.15, 0.2) is 0 Å². The molecule has 15 heavy (non-hydrogen) atoms. The maximum absolute atomic E-state index is 13.1. The molecule has 78 valence electrons. The summed E-state index contributed by atoms with van der Waals surface area (Å²) < 4.78 is 16.4. The van der Waals surface area contributed by atoms with E-state index in [-0.39, 0.29) is 5.82 Å². The summed E-state index contributed by atoms with van der Waals surface area (Å²) >= 11 is 3.59. The highest BCUT2D eigenvalue weighted by atomic mass is 79.9. The number of aromatic nitrogens is 1. The maximum Gasteiger partial charge on any atom is 0.123 e. The lowest BCUT2D eigenvalue weighted by molar-refractivity contribution is 0.629. The molecule has 2 aromatic rings. The van der Waals surface area contributed by atoms with E-state index in [9.17, 15) is 4.39 Å². The molecule has 1 fully saturated rings. The molecule has 0 unspecified atom stereocenters. The number of fused-ring (bicyclic) bond motifs is 1. The van der Waals surface area contributed by atoms with Gasteiger partial charge in [0.1, 0.15) is 5.82 Å². The summed E-state index contributed by atoms with van der Waals surface area (Å²) in [4.78, 5) is 0. The lowest BCUT2D eigenvalue weighted by Gasteiger charge is -2.01. The fraction of sp³-hybridized carbons (Fsp3) is 0.333. The van der Waals surface area contributed by atoms with Crippen molar-refractivity contribution in [2.45, 2.75) is 18.8 Å². The molecule has 3 heteroatoms. The number of halogens is 2. The van der Waals surface area contributed by atoms with Gasteiger partial charge in [-0.1, -0.05) is 0 Å². The van der Waals surface area contributed by atoms with Crippen molar-refractivity contribution in [3.05, 3.63) is 34.2 Å². The summed E-state index contributed by atoms with van der Waals surface area (Å²) in [5.41, 5.74) is 2.42. The van der Waals surface area contributed by atoms with Gasteiger partial charge in [0, 0.05) is 34.0 Å². The Morgan fingerprint density at radius 1 is 1.40 bits per heavy atom. The third-order valence-electron chi connectivity index (χ3n) is 3.11. The van der Waals surface area contributed by atoms with Crippen molar-refractivity contribution in [3.63, 3.8) is 0 Å². The maximum atomic E-state index is 13.1. The standard InChI is InChI=1S/C12H11BrFN/c1-15-10-5-4-8(14)6-9(10)11(13)12(15)7-2-3-7/h4-7H,2-3H2,1H3. The topological polar surface area (TPSA) is 4.93 Å². The number of rotatable bonds is 1. The van der Waals surface area contributed by atoms with E-state index in [1.807, 2.05) is 6.07 Å². The number of hydrogen-bond acceptors (Lipinski definition) is 0. The van der Waals surface area contributed by atoms with Crippen molar-refractivity contribution in [3.8, 4) is 0 Å². The molecule has 1 aromatic carbocycles. The normalized spacial score (nSPS) is 16.2. The third kappa shape index (κ3) is 1.33. The van der Waals surface area contributed by atoms with Crippen LogP contribution in [0.1, 0.15) is 24.5 Å². The van der Waals surface area contributed by atoms with Gasteiger partial charge in [-0.3, -0.25) is 0 Å². The second-order valence-electron chi connectivity index (χ2n) is 4.19. The summed E-state index contributed by atoms with van der Waals surface area (Å²) in [6.45, 7) is 0. The summed E-state index contributed by atoms with van der Waals surface area (Å²) in [5, 5.41) is 0.986. The number of nitrogens with zero attached hydrogens (tertiary/aromatic N) is 1. The molecule has 1 aromatic heterocycles. The highest BCUT2D eigenvalue weighted by molar-refractivity contribution is 9.10. The second kappa shape index (κ2) is 3.08. The SMILES string of the molecule is Cn1c(C2CC2)c(Br)c2cc(F)ccc21. The van der Waals surface area contributed by atoms with E-state index < -0.39 is 0 Å². The third-order valence-corrected chi connectivity index (χ3v) is 3.94.